The number of rotatable bonds is 7. The van der Waals surface area contributed by atoms with Crippen LogP contribution in [0, 0.1) is 0 Å². The van der Waals surface area contributed by atoms with Gasteiger partial charge >= 0.3 is 0 Å². The summed E-state index contributed by atoms with van der Waals surface area (Å²) in [4.78, 5) is 24.3. The Morgan fingerprint density at radius 2 is 1.71 bits per heavy atom. The monoisotopic (exact) mass is 382 g/mol. The number of hydrogen-bond acceptors (Lipinski definition) is 4. The SMILES string of the molecule is CCOc1ccc(O[C@H](C)C(=O)NNC(=O)Cc2ccc3c(c2)CCC3)cc1. The summed E-state index contributed by atoms with van der Waals surface area (Å²) >= 11 is 0. The van der Waals surface area contributed by atoms with Gasteiger partial charge in [0.25, 0.3) is 5.91 Å². The van der Waals surface area contributed by atoms with Crippen molar-refractivity contribution < 1.29 is 19.1 Å². The number of hydrogen-bond donors (Lipinski definition) is 2. The van der Waals surface area contributed by atoms with E-state index in [9.17, 15) is 9.59 Å². The predicted octanol–water partition coefficient (Wildman–Crippen LogP) is 2.73. The summed E-state index contributed by atoms with van der Waals surface area (Å²) in [5.74, 6) is 0.608. The van der Waals surface area contributed by atoms with Gasteiger partial charge in [-0.05, 0) is 74.1 Å². The van der Waals surface area contributed by atoms with Crippen molar-refractivity contribution in [1.29, 1.82) is 0 Å². The molecule has 0 aromatic heterocycles. The van der Waals surface area contributed by atoms with Gasteiger partial charge < -0.3 is 9.47 Å². The quantitative estimate of drug-likeness (QED) is 0.722. The molecule has 0 spiro atoms. The van der Waals surface area contributed by atoms with Gasteiger partial charge in [-0.25, -0.2) is 0 Å². The Kier molecular flexibility index (Phi) is 6.53. The van der Waals surface area contributed by atoms with Crippen molar-refractivity contribution in [2.45, 2.75) is 45.6 Å². The Morgan fingerprint density at radius 1 is 1.00 bits per heavy atom. The Hall–Kier alpha value is -3.02. The second-order valence-corrected chi connectivity index (χ2v) is 6.84. The van der Waals surface area contributed by atoms with Crippen molar-refractivity contribution in [3.8, 4) is 11.5 Å². The molecule has 0 aliphatic heterocycles. The normalized spacial score (nSPS) is 13.4. The van der Waals surface area contributed by atoms with E-state index in [1.807, 2.05) is 13.0 Å². The number of ether oxygens (including phenoxy) is 2. The van der Waals surface area contributed by atoms with Crippen LogP contribution in [-0.4, -0.2) is 24.5 Å². The highest BCUT2D eigenvalue weighted by Gasteiger charge is 2.16. The molecule has 0 bridgehead atoms. The fourth-order valence-corrected chi connectivity index (χ4v) is 3.24. The van der Waals surface area contributed by atoms with Gasteiger partial charge in [0.05, 0.1) is 13.0 Å². The molecule has 1 aliphatic rings. The molecule has 0 saturated heterocycles. The fraction of sp³-hybridized carbons (Fsp3) is 0.364. The number of carbonyl (C=O) groups is 2. The van der Waals surface area contributed by atoms with Crippen LogP contribution in [0.15, 0.2) is 42.5 Å². The molecule has 1 atom stereocenters. The highest BCUT2D eigenvalue weighted by atomic mass is 16.5. The largest absolute Gasteiger partial charge is 0.494 e. The first-order valence-corrected chi connectivity index (χ1v) is 9.64. The maximum absolute atomic E-state index is 12.2. The Labute approximate surface area is 165 Å². The number of amides is 2. The van der Waals surface area contributed by atoms with E-state index in [-0.39, 0.29) is 12.3 Å². The molecule has 0 radical (unpaired) electrons. The van der Waals surface area contributed by atoms with Crippen LogP contribution in [0.25, 0.3) is 0 Å². The van der Waals surface area contributed by atoms with Crippen molar-refractivity contribution in [3.63, 3.8) is 0 Å². The van der Waals surface area contributed by atoms with E-state index in [1.54, 1.807) is 31.2 Å². The summed E-state index contributed by atoms with van der Waals surface area (Å²) in [5.41, 5.74) is 8.52. The minimum Gasteiger partial charge on any atom is -0.494 e. The van der Waals surface area contributed by atoms with Crippen LogP contribution >= 0.6 is 0 Å². The standard InChI is InChI=1S/C22H26N2O4/c1-3-27-19-9-11-20(12-10-19)28-15(2)22(26)24-23-21(25)14-16-7-8-17-5-4-6-18(17)13-16/h7-13,15H,3-6,14H2,1-2H3,(H,23,25)(H,24,26)/t15-/m1/s1. The van der Waals surface area contributed by atoms with E-state index in [0.29, 0.717) is 12.4 Å². The summed E-state index contributed by atoms with van der Waals surface area (Å²) in [5, 5.41) is 0. The molecule has 148 valence electrons. The summed E-state index contributed by atoms with van der Waals surface area (Å²) < 4.78 is 11.0. The summed E-state index contributed by atoms with van der Waals surface area (Å²) in [6.07, 6.45) is 2.83. The molecule has 0 saturated carbocycles. The molecule has 6 heteroatoms. The molecule has 2 amide bonds. The molecule has 0 heterocycles. The molecule has 1 aliphatic carbocycles. The average Bonchev–Trinajstić information content (AvgIpc) is 3.15. The van der Waals surface area contributed by atoms with Crippen LogP contribution < -0.4 is 20.3 Å². The van der Waals surface area contributed by atoms with E-state index in [1.165, 1.54) is 17.5 Å². The Bertz CT molecular complexity index is 833. The topological polar surface area (TPSA) is 76.7 Å². The molecule has 2 N–H and O–H groups in total. The lowest BCUT2D eigenvalue weighted by atomic mass is 10.0. The first kappa shape index (κ1) is 19.7. The zero-order valence-electron chi connectivity index (χ0n) is 16.3. The van der Waals surface area contributed by atoms with Crippen molar-refractivity contribution in [3.05, 3.63) is 59.2 Å². The smallest absolute Gasteiger partial charge is 0.279 e. The zero-order valence-corrected chi connectivity index (χ0v) is 16.3. The molecule has 0 fully saturated rings. The molecule has 6 nitrogen and oxygen atoms in total. The predicted molar refractivity (Wildman–Crippen MR) is 106 cm³/mol. The minimum absolute atomic E-state index is 0.224. The van der Waals surface area contributed by atoms with Gasteiger partial charge in [0, 0.05) is 0 Å². The highest BCUT2D eigenvalue weighted by Crippen LogP contribution is 2.23. The lowest BCUT2D eigenvalue weighted by molar-refractivity contribution is -0.132. The van der Waals surface area contributed by atoms with Crippen molar-refractivity contribution >= 4 is 11.8 Å². The van der Waals surface area contributed by atoms with Gasteiger partial charge in [0.2, 0.25) is 5.91 Å². The van der Waals surface area contributed by atoms with Gasteiger partial charge in [0.1, 0.15) is 11.5 Å². The summed E-state index contributed by atoms with van der Waals surface area (Å²) in [7, 11) is 0. The second-order valence-electron chi connectivity index (χ2n) is 6.84. The third kappa shape index (κ3) is 5.25. The van der Waals surface area contributed by atoms with E-state index < -0.39 is 12.0 Å². The molecule has 3 rings (SSSR count). The van der Waals surface area contributed by atoms with E-state index in [2.05, 4.69) is 23.0 Å². The molecular formula is C22H26N2O4. The third-order valence-corrected chi connectivity index (χ3v) is 4.67. The lowest BCUT2D eigenvalue weighted by Crippen LogP contribution is -2.47. The molecular weight excluding hydrogens is 356 g/mol. The molecule has 28 heavy (non-hydrogen) atoms. The van der Waals surface area contributed by atoms with Gasteiger partial charge in [-0.2, -0.15) is 0 Å². The minimum atomic E-state index is -0.752. The third-order valence-electron chi connectivity index (χ3n) is 4.67. The lowest BCUT2D eigenvalue weighted by Gasteiger charge is -2.15. The van der Waals surface area contributed by atoms with Gasteiger partial charge in [-0.1, -0.05) is 18.2 Å². The van der Waals surface area contributed by atoms with Gasteiger partial charge in [0.15, 0.2) is 6.10 Å². The van der Waals surface area contributed by atoms with Crippen molar-refractivity contribution in [2.75, 3.05) is 6.61 Å². The maximum atomic E-state index is 12.2. The second kappa shape index (κ2) is 9.26. The van der Waals surface area contributed by atoms with Crippen LogP contribution in [0.2, 0.25) is 0 Å². The number of benzene rings is 2. The number of aryl methyl sites for hydroxylation is 2. The van der Waals surface area contributed by atoms with Gasteiger partial charge in [-0.15, -0.1) is 0 Å². The zero-order chi connectivity index (χ0) is 19.9. The van der Waals surface area contributed by atoms with Crippen molar-refractivity contribution in [1.82, 2.24) is 10.9 Å². The Balaban J connectivity index is 1.44. The number of hydrazine groups is 1. The summed E-state index contributed by atoms with van der Waals surface area (Å²) in [6, 6.07) is 13.2. The van der Waals surface area contributed by atoms with Crippen LogP contribution in [0.1, 0.15) is 37.0 Å². The van der Waals surface area contributed by atoms with E-state index in [4.69, 9.17) is 9.47 Å². The van der Waals surface area contributed by atoms with Crippen LogP contribution in [0.5, 0.6) is 11.5 Å². The molecule has 0 unspecified atom stereocenters. The van der Waals surface area contributed by atoms with Crippen molar-refractivity contribution in [2.24, 2.45) is 0 Å². The number of nitrogens with one attached hydrogen (secondary N) is 2. The maximum Gasteiger partial charge on any atom is 0.279 e. The first-order valence-electron chi connectivity index (χ1n) is 9.64. The Morgan fingerprint density at radius 3 is 2.46 bits per heavy atom. The summed E-state index contributed by atoms with van der Waals surface area (Å²) in [6.45, 7) is 4.12. The number of carbonyl (C=O) groups excluding carboxylic acids is 2. The molecule has 2 aromatic carbocycles. The van der Waals surface area contributed by atoms with Crippen LogP contribution in [-0.2, 0) is 28.9 Å². The highest BCUT2D eigenvalue weighted by molar-refractivity contribution is 5.85. The number of fused-ring (bicyclic) bond motifs is 1. The van der Waals surface area contributed by atoms with Crippen LogP contribution in [0.4, 0.5) is 0 Å². The molecule has 2 aromatic rings. The van der Waals surface area contributed by atoms with E-state index in [0.717, 1.165) is 24.2 Å². The average molecular weight is 382 g/mol. The van der Waals surface area contributed by atoms with Crippen LogP contribution in [0.3, 0.4) is 0 Å². The fourth-order valence-electron chi connectivity index (χ4n) is 3.24. The van der Waals surface area contributed by atoms with Gasteiger partial charge in [-0.3, -0.25) is 20.4 Å². The van der Waals surface area contributed by atoms with E-state index >= 15 is 0 Å². The first-order chi connectivity index (χ1) is 13.5.